The number of ether oxygens (including phenoxy) is 1. The second-order valence-electron chi connectivity index (χ2n) is 6.06. The predicted molar refractivity (Wildman–Crippen MR) is 85.9 cm³/mol. The monoisotopic (exact) mass is 376 g/mol. The molecule has 0 unspecified atom stereocenters. The molecule has 1 aromatic rings. The zero-order valence-electron chi connectivity index (χ0n) is 14.2. The second-order valence-corrected chi connectivity index (χ2v) is 6.06. The maximum atomic E-state index is 13.3. The molecular weight excluding hydrogens is 356 g/mol. The Balaban J connectivity index is 2.09. The molecule has 0 radical (unpaired) electrons. The highest BCUT2D eigenvalue weighted by molar-refractivity contribution is 5.91. The Labute approximate surface area is 148 Å². The first kappa shape index (κ1) is 20.2. The SMILES string of the molecule is CCCCCC1=NN(C(=O)COc2ccc(F)cc2)[C@](O)(C(F)(F)F)C1. The van der Waals surface area contributed by atoms with Gasteiger partial charge in [-0.05, 0) is 37.1 Å². The van der Waals surface area contributed by atoms with Crippen LogP contribution in [0, 0.1) is 5.82 Å². The third-order valence-corrected chi connectivity index (χ3v) is 3.98. The fourth-order valence-corrected chi connectivity index (χ4v) is 2.56. The van der Waals surface area contributed by atoms with Crippen molar-refractivity contribution in [2.75, 3.05) is 6.61 Å². The Morgan fingerprint density at radius 3 is 2.54 bits per heavy atom. The molecule has 2 rings (SSSR count). The number of unbranched alkanes of at least 4 members (excludes halogenated alkanes) is 2. The summed E-state index contributed by atoms with van der Waals surface area (Å²) in [5.74, 6) is -1.54. The summed E-state index contributed by atoms with van der Waals surface area (Å²) in [6.45, 7) is 1.18. The van der Waals surface area contributed by atoms with E-state index in [4.69, 9.17) is 4.74 Å². The summed E-state index contributed by atoms with van der Waals surface area (Å²) in [5.41, 5.74) is -3.26. The first-order valence-electron chi connectivity index (χ1n) is 8.24. The van der Waals surface area contributed by atoms with Crippen molar-refractivity contribution < 1.29 is 32.2 Å². The van der Waals surface area contributed by atoms with E-state index in [1.165, 1.54) is 12.1 Å². The molecule has 0 aliphatic carbocycles. The van der Waals surface area contributed by atoms with E-state index in [0.29, 0.717) is 6.42 Å². The van der Waals surface area contributed by atoms with Crippen molar-refractivity contribution in [2.45, 2.75) is 50.9 Å². The van der Waals surface area contributed by atoms with Crippen LogP contribution in [0.15, 0.2) is 29.4 Å². The lowest BCUT2D eigenvalue weighted by atomic mass is 10.0. The lowest BCUT2D eigenvalue weighted by Gasteiger charge is -2.32. The van der Waals surface area contributed by atoms with Gasteiger partial charge in [-0.15, -0.1) is 0 Å². The highest BCUT2D eigenvalue weighted by Crippen LogP contribution is 2.41. The van der Waals surface area contributed by atoms with Crippen LogP contribution in [0.5, 0.6) is 5.75 Å². The molecule has 26 heavy (non-hydrogen) atoms. The van der Waals surface area contributed by atoms with Crippen molar-refractivity contribution in [3.8, 4) is 5.75 Å². The van der Waals surface area contributed by atoms with Crippen molar-refractivity contribution in [3.05, 3.63) is 30.1 Å². The summed E-state index contributed by atoms with van der Waals surface area (Å²) >= 11 is 0. The van der Waals surface area contributed by atoms with Crippen LogP contribution < -0.4 is 4.74 Å². The van der Waals surface area contributed by atoms with Crippen LogP contribution in [-0.4, -0.2) is 40.2 Å². The number of halogens is 4. The maximum Gasteiger partial charge on any atom is 0.438 e. The number of aliphatic hydroxyl groups is 1. The number of hydrogen-bond acceptors (Lipinski definition) is 4. The molecule has 1 N–H and O–H groups in total. The first-order chi connectivity index (χ1) is 12.2. The molecule has 1 aliphatic heterocycles. The first-order valence-corrected chi connectivity index (χ1v) is 8.24. The number of amides is 1. The fraction of sp³-hybridized carbons (Fsp3) is 0.529. The van der Waals surface area contributed by atoms with Gasteiger partial charge in [-0.3, -0.25) is 4.79 Å². The maximum absolute atomic E-state index is 13.3. The van der Waals surface area contributed by atoms with Gasteiger partial charge in [0.1, 0.15) is 11.6 Å². The summed E-state index contributed by atoms with van der Waals surface area (Å²) in [6.07, 6.45) is -3.25. The van der Waals surface area contributed by atoms with Crippen molar-refractivity contribution in [3.63, 3.8) is 0 Å². The smallest absolute Gasteiger partial charge is 0.438 e. The molecule has 0 saturated heterocycles. The van der Waals surface area contributed by atoms with Gasteiger partial charge in [0.25, 0.3) is 11.6 Å². The molecule has 144 valence electrons. The molecule has 0 spiro atoms. The van der Waals surface area contributed by atoms with Crippen LogP contribution in [0.3, 0.4) is 0 Å². The third kappa shape index (κ3) is 4.51. The van der Waals surface area contributed by atoms with E-state index in [2.05, 4.69) is 5.10 Å². The number of carbonyl (C=O) groups is 1. The van der Waals surface area contributed by atoms with Crippen molar-refractivity contribution in [2.24, 2.45) is 5.10 Å². The number of nitrogens with zero attached hydrogens (tertiary/aromatic N) is 2. The molecular formula is C17H20F4N2O3. The van der Waals surface area contributed by atoms with E-state index in [1.807, 2.05) is 6.92 Å². The highest BCUT2D eigenvalue weighted by Gasteiger charge is 2.63. The van der Waals surface area contributed by atoms with Gasteiger partial charge in [0.15, 0.2) is 6.61 Å². The highest BCUT2D eigenvalue weighted by atomic mass is 19.4. The second kappa shape index (κ2) is 8.03. The van der Waals surface area contributed by atoms with E-state index in [1.54, 1.807) is 0 Å². The largest absolute Gasteiger partial charge is 0.484 e. The average molecular weight is 376 g/mol. The van der Waals surface area contributed by atoms with Crippen LogP contribution in [0.25, 0.3) is 0 Å². The minimum absolute atomic E-state index is 0.0534. The third-order valence-electron chi connectivity index (χ3n) is 3.98. The van der Waals surface area contributed by atoms with E-state index in [9.17, 15) is 27.5 Å². The van der Waals surface area contributed by atoms with Gasteiger partial charge in [-0.1, -0.05) is 19.8 Å². The van der Waals surface area contributed by atoms with Crippen LogP contribution in [0.4, 0.5) is 17.6 Å². The summed E-state index contributed by atoms with van der Waals surface area (Å²) in [4.78, 5) is 12.2. The van der Waals surface area contributed by atoms with Crippen molar-refractivity contribution in [1.82, 2.24) is 5.01 Å². The number of alkyl halides is 3. The summed E-state index contributed by atoms with van der Waals surface area (Å²) < 4.78 is 57.9. The molecule has 0 bridgehead atoms. The molecule has 5 nitrogen and oxygen atoms in total. The molecule has 1 aliphatic rings. The van der Waals surface area contributed by atoms with Gasteiger partial charge in [-0.25, -0.2) is 4.39 Å². The molecule has 9 heteroatoms. The Hall–Kier alpha value is -2.16. The minimum Gasteiger partial charge on any atom is -0.484 e. The van der Waals surface area contributed by atoms with Crippen LogP contribution in [0.2, 0.25) is 0 Å². The van der Waals surface area contributed by atoms with E-state index in [0.717, 1.165) is 25.0 Å². The number of hydrogen-bond donors (Lipinski definition) is 1. The normalized spacial score (nSPS) is 20.2. The quantitative estimate of drug-likeness (QED) is 0.584. The zero-order chi connectivity index (χ0) is 19.4. The van der Waals surface area contributed by atoms with E-state index >= 15 is 0 Å². The summed E-state index contributed by atoms with van der Waals surface area (Å²) in [7, 11) is 0. The molecule has 1 atom stereocenters. The molecule has 1 amide bonds. The minimum atomic E-state index is -5.06. The number of carbonyl (C=O) groups excluding carboxylic acids is 1. The van der Waals surface area contributed by atoms with Gasteiger partial charge in [0, 0.05) is 12.1 Å². The van der Waals surface area contributed by atoms with Crippen LogP contribution in [0.1, 0.15) is 39.0 Å². The Kier molecular flexibility index (Phi) is 6.22. The molecule has 0 aromatic heterocycles. The molecule has 0 fully saturated rings. The lowest BCUT2D eigenvalue weighted by molar-refractivity contribution is -0.302. The number of rotatable bonds is 7. The van der Waals surface area contributed by atoms with Gasteiger partial charge >= 0.3 is 6.18 Å². The predicted octanol–water partition coefficient (Wildman–Crippen LogP) is 3.62. The summed E-state index contributed by atoms with van der Waals surface area (Å²) in [5, 5.41) is 13.8. The molecule has 1 aromatic carbocycles. The van der Waals surface area contributed by atoms with Crippen molar-refractivity contribution >= 4 is 11.6 Å². The Bertz CT molecular complexity index is 661. The Morgan fingerprint density at radius 2 is 1.96 bits per heavy atom. The lowest BCUT2D eigenvalue weighted by Crippen LogP contribution is -2.57. The van der Waals surface area contributed by atoms with Crippen LogP contribution in [-0.2, 0) is 4.79 Å². The fourth-order valence-electron chi connectivity index (χ4n) is 2.56. The van der Waals surface area contributed by atoms with Crippen molar-refractivity contribution in [1.29, 1.82) is 0 Å². The molecule has 0 saturated carbocycles. The standard InChI is InChI=1S/C17H20F4N2O3/c1-2-3-4-5-13-10-16(25,17(19,20)21)23(22-13)15(24)11-26-14-8-6-12(18)7-9-14/h6-9,25H,2-5,10-11H2,1H3/t16-/m1/s1. The average Bonchev–Trinajstić information content (AvgIpc) is 2.92. The number of hydrazone groups is 1. The Morgan fingerprint density at radius 1 is 1.31 bits per heavy atom. The number of benzene rings is 1. The van der Waals surface area contributed by atoms with E-state index < -0.39 is 36.7 Å². The van der Waals surface area contributed by atoms with Gasteiger partial charge in [0.2, 0.25) is 0 Å². The van der Waals surface area contributed by atoms with Gasteiger partial charge in [-0.2, -0.15) is 23.3 Å². The molecule has 1 heterocycles. The van der Waals surface area contributed by atoms with Gasteiger partial charge < -0.3 is 9.84 Å². The topological polar surface area (TPSA) is 62.1 Å². The summed E-state index contributed by atoms with van der Waals surface area (Å²) in [6, 6.07) is 4.65. The van der Waals surface area contributed by atoms with E-state index in [-0.39, 0.29) is 22.9 Å². The van der Waals surface area contributed by atoms with Gasteiger partial charge in [0.05, 0.1) is 0 Å². The zero-order valence-corrected chi connectivity index (χ0v) is 14.2. The van der Waals surface area contributed by atoms with Crippen LogP contribution >= 0.6 is 0 Å².